The molecule has 3 atom stereocenters. The Hall–Kier alpha value is -2.57. The molecule has 1 spiro atoms. The predicted octanol–water partition coefficient (Wildman–Crippen LogP) is 3.31. The summed E-state index contributed by atoms with van der Waals surface area (Å²) in [4.78, 5) is 0. The first-order chi connectivity index (χ1) is 10.2. The number of hydrogen-bond acceptors (Lipinski definition) is 3. The molecule has 21 heavy (non-hydrogen) atoms. The highest BCUT2D eigenvalue weighted by Gasteiger charge is 2.73. The van der Waals surface area contributed by atoms with E-state index in [9.17, 15) is 15.8 Å². The summed E-state index contributed by atoms with van der Waals surface area (Å²) in [6, 6.07) is 15.0. The fourth-order valence-electron chi connectivity index (χ4n) is 4.87. The summed E-state index contributed by atoms with van der Waals surface area (Å²) in [6.07, 6.45) is 6.02. The number of nitriles is 3. The number of hydrogen-bond donors (Lipinski definition) is 0. The molecule has 4 rings (SSSR count). The monoisotopic (exact) mass is 271 g/mol. The average Bonchev–Trinajstić information content (AvgIpc) is 2.77. The lowest BCUT2D eigenvalue weighted by molar-refractivity contribution is 0.0223. The van der Waals surface area contributed by atoms with Gasteiger partial charge in [0.15, 0.2) is 0 Å². The van der Waals surface area contributed by atoms with Gasteiger partial charge < -0.3 is 0 Å². The predicted molar refractivity (Wildman–Crippen MR) is 76.2 cm³/mol. The fourth-order valence-corrected chi connectivity index (χ4v) is 4.87. The van der Waals surface area contributed by atoms with Gasteiger partial charge in [0.2, 0.25) is 0 Å². The van der Waals surface area contributed by atoms with Crippen molar-refractivity contribution in [3.05, 3.63) is 41.5 Å². The summed E-state index contributed by atoms with van der Waals surface area (Å²) in [5, 5.41) is 28.8. The molecule has 1 aromatic carbocycles. The second-order valence-corrected chi connectivity index (χ2v) is 6.57. The Morgan fingerprint density at radius 1 is 1.00 bits per heavy atom. The molecule has 0 saturated heterocycles. The van der Waals surface area contributed by atoms with Crippen LogP contribution in [0.1, 0.15) is 30.4 Å². The van der Waals surface area contributed by atoms with Gasteiger partial charge in [-0.3, -0.25) is 0 Å². The molecule has 3 nitrogen and oxygen atoms in total. The zero-order valence-electron chi connectivity index (χ0n) is 11.5. The van der Waals surface area contributed by atoms with Crippen LogP contribution in [0.25, 0.3) is 6.08 Å². The highest BCUT2D eigenvalue weighted by molar-refractivity contribution is 5.67. The number of nitrogens with zero attached hydrogens (tertiary/aromatic N) is 3. The summed E-state index contributed by atoms with van der Waals surface area (Å²) in [5.74, 6) is 0.265. The second-order valence-electron chi connectivity index (χ2n) is 6.57. The van der Waals surface area contributed by atoms with Crippen LogP contribution >= 0.6 is 0 Å². The van der Waals surface area contributed by atoms with Crippen LogP contribution in [0.3, 0.4) is 0 Å². The molecule has 0 aliphatic heterocycles. The highest BCUT2D eigenvalue weighted by Crippen LogP contribution is 2.74. The molecule has 0 heterocycles. The molecule has 100 valence electrons. The van der Waals surface area contributed by atoms with Crippen LogP contribution < -0.4 is 0 Å². The average molecular weight is 271 g/mol. The Morgan fingerprint density at radius 3 is 2.48 bits per heavy atom. The van der Waals surface area contributed by atoms with Crippen LogP contribution in [0, 0.1) is 50.7 Å². The van der Waals surface area contributed by atoms with Crippen LogP contribution in [0.5, 0.6) is 0 Å². The Bertz CT molecular complexity index is 787. The van der Waals surface area contributed by atoms with E-state index in [0.717, 1.165) is 17.5 Å². The summed E-state index contributed by atoms with van der Waals surface area (Å²) in [6.45, 7) is 0. The van der Waals surface area contributed by atoms with Crippen molar-refractivity contribution in [2.24, 2.45) is 16.7 Å². The molecule has 0 radical (unpaired) electrons. The van der Waals surface area contributed by atoms with Gasteiger partial charge in [0.1, 0.15) is 5.41 Å². The van der Waals surface area contributed by atoms with E-state index in [0.29, 0.717) is 12.8 Å². The highest BCUT2D eigenvalue weighted by atomic mass is 14.7. The van der Waals surface area contributed by atoms with Crippen molar-refractivity contribution in [1.82, 2.24) is 0 Å². The van der Waals surface area contributed by atoms with Gasteiger partial charge in [-0.1, -0.05) is 36.4 Å². The van der Waals surface area contributed by atoms with E-state index >= 15 is 0 Å². The number of allylic oxidation sites excluding steroid dienone is 1. The molecule has 0 amide bonds. The first kappa shape index (κ1) is 12.2. The van der Waals surface area contributed by atoms with Crippen LogP contribution in [0.2, 0.25) is 0 Å². The standard InChI is InChI=1S/C18H13N3/c19-10-16(11-20)7-14-8-18(12-21)15-4-2-1-3-13(15)5-6-17(14,18)9-16/h1-6,14H,7-9H2/t14-,17-,18-/m0/s1. The van der Waals surface area contributed by atoms with Gasteiger partial charge in [0.05, 0.1) is 23.6 Å². The first-order valence-corrected chi connectivity index (χ1v) is 7.18. The number of rotatable bonds is 0. The van der Waals surface area contributed by atoms with Crippen molar-refractivity contribution in [3.63, 3.8) is 0 Å². The molecule has 0 N–H and O–H groups in total. The van der Waals surface area contributed by atoms with Crippen LogP contribution in [0.4, 0.5) is 0 Å². The third-order valence-corrected chi connectivity index (χ3v) is 5.86. The Labute approximate surface area is 123 Å². The molecular formula is C18H13N3. The summed E-state index contributed by atoms with van der Waals surface area (Å²) >= 11 is 0. The van der Waals surface area contributed by atoms with Crippen molar-refractivity contribution in [2.75, 3.05) is 0 Å². The third-order valence-electron chi connectivity index (χ3n) is 5.86. The maximum absolute atomic E-state index is 9.93. The lowest BCUT2D eigenvalue weighted by Gasteiger charge is -2.59. The molecule has 0 bridgehead atoms. The van der Waals surface area contributed by atoms with Gasteiger partial charge in [-0.15, -0.1) is 0 Å². The molecular weight excluding hydrogens is 258 g/mol. The molecule has 2 saturated carbocycles. The van der Waals surface area contributed by atoms with E-state index in [-0.39, 0.29) is 11.3 Å². The van der Waals surface area contributed by atoms with Gasteiger partial charge in [0.25, 0.3) is 0 Å². The lowest BCUT2D eigenvalue weighted by atomic mass is 9.41. The van der Waals surface area contributed by atoms with Crippen molar-refractivity contribution in [3.8, 4) is 18.2 Å². The van der Waals surface area contributed by atoms with Crippen molar-refractivity contribution >= 4 is 6.08 Å². The minimum Gasteiger partial charge on any atom is -0.197 e. The van der Waals surface area contributed by atoms with Crippen LogP contribution in [-0.2, 0) is 5.41 Å². The Morgan fingerprint density at radius 2 is 1.76 bits per heavy atom. The topological polar surface area (TPSA) is 71.4 Å². The quantitative estimate of drug-likeness (QED) is 0.726. The van der Waals surface area contributed by atoms with Crippen molar-refractivity contribution in [1.29, 1.82) is 15.8 Å². The van der Waals surface area contributed by atoms with Crippen LogP contribution in [-0.4, -0.2) is 0 Å². The van der Waals surface area contributed by atoms with Gasteiger partial charge in [0, 0.05) is 5.41 Å². The van der Waals surface area contributed by atoms with Crippen molar-refractivity contribution < 1.29 is 0 Å². The second kappa shape index (κ2) is 3.55. The van der Waals surface area contributed by atoms with E-state index in [1.807, 2.05) is 24.3 Å². The fraction of sp³-hybridized carbons (Fsp3) is 0.389. The van der Waals surface area contributed by atoms with Crippen molar-refractivity contribution in [2.45, 2.75) is 24.7 Å². The molecule has 0 unspecified atom stereocenters. The lowest BCUT2D eigenvalue weighted by Crippen LogP contribution is -2.58. The maximum atomic E-state index is 9.93. The first-order valence-electron chi connectivity index (χ1n) is 7.18. The minimum atomic E-state index is -0.931. The van der Waals surface area contributed by atoms with E-state index in [1.165, 1.54) is 0 Å². The van der Waals surface area contributed by atoms with E-state index in [1.54, 1.807) is 0 Å². The normalized spacial score (nSPS) is 36.9. The van der Waals surface area contributed by atoms with Gasteiger partial charge in [-0.2, -0.15) is 15.8 Å². The zero-order valence-corrected chi connectivity index (χ0v) is 11.5. The molecule has 3 aliphatic rings. The Kier molecular flexibility index (Phi) is 2.06. The number of benzene rings is 1. The SMILES string of the molecule is N#CC1(C#N)C[C@H]2C[C@]3(C#N)c4ccccc4C=C[C@]23C1. The summed E-state index contributed by atoms with van der Waals surface area (Å²) in [5.41, 5.74) is 0.340. The zero-order chi connectivity index (χ0) is 14.7. The van der Waals surface area contributed by atoms with E-state index < -0.39 is 10.8 Å². The smallest absolute Gasteiger partial charge is 0.145 e. The summed E-state index contributed by atoms with van der Waals surface area (Å²) < 4.78 is 0. The molecule has 0 aromatic heterocycles. The number of fused-ring (bicyclic) bond motifs is 2. The third kappa shape index (κ3) is 1.14. The Balaban J connectivity index is 1.92. The minimum absolute atomic E-state index is 0.265. The van der Waals surface area contributed by atoms with E-state index in [2.05, 4.69) is 30.4 Å². The molecule has 3 aliphatic carbocycles. The van der Waals surface area contributed by atoms with Crippen LogP contribution in [0.15, 0.2) is 30.3 Å². The van der Waals surface area contributed by atoms with Gasteiger partial charge in [-0.25, -0.2) is 0 Å². The maximum Gasteiger partial charge on any atom is 0.145 e. The molecule has 2 fully saturated rings. The molecule has 3 heteroatoms. The van der Waals surface area contributed by atoms with E-state index in [4.69, 9.17) is 0 Å². The van der Waals surface area contributed by atoms with Gasteiger partial charge >= 0.3 is 0 Å². The summed E-state index contributed by atoms with van der Waals surface area (Å²) in [7, 11) is 0. The largest absolute Gasteiger partial charge is 0.197 e. The molecule has 1 aromatic rings. The van der Waals surface area contributed by atoms with Gasteiger partial charge in [-0.05, 0) is 36.3 Å².